The highest BCUT2D eigenvalue weighted by atomic mass is 16.4. The molecule has 1 saturated heterocycles. The van der Waals surface area contributed by atoms with Crippen molar-refractivity contribution in [1.82, 2.24) is 5.01 Å². The maximum atomic E-state index is 11.5. The van der Waals surface area contributed by atoms with E-state index in [0.29, 0.717) is 17.8 Å². The third-order valence-corrected chi connectivity index (χ3v) is 3.89. The molecule has 1 aromatic carbocycles. The van der Waals surface area contributed by atoms with Crippen LogP contribution in [0.5, 0.6) is 0 Å². The van der Waals surface area contributed by atoms with E-state index in [1.165, 1.54) is 5.01 Å². The van der Waals surface area contributed by atoms with Gasteiger partial charge >= 0.3 is 0 Å². The Labute approximate surface area is 113 Å². The summed E-state index contributed by atoms with van der Waals surface area (Å²) in [6.07, 6.45) is 2.02. The Morgan fingerprint density at radius 2 is 1.84 bits per heavy atom. The number of likely N-dealkylation sites (tertiary alicyclic amines) is 1. The zero-order chi connectivity index (χ0) is 13.7. The zero-order valence-electron chi connectivity index (χ0n) is 11.1. The summed E-state index contributed by atoms with van der Waals surface area (Å²) in [5, 5.41) is 12.9. The van der Waals surface area contributed by atoms with E-state index in [0.717, 1.165) is 37.9 Å². The average molecular weight is 263 g/mol. The van der Waals surface area contributed by atoms with E-state index in [4.69, 9.17) is 5.73 Å². The molecule has 104 valence electrons. The third kappa shape index (κ3) is 3.05. The van der Waals surface area contributed by atoms with Crippen molar-refractivity contribution >= 4 is 6.09 Å². The Balaban J connectivity index is 2.21. The molecule has 1 heterocycles. The minimum Gasteiger partial charge on any atom is -0.526 e. The minimum atomic E-state index is -1.14. The van der Waals surface area contributed by atoms with E-state index in [1.807, 2.05) is 30.3 Å². The van der Waals surface area contributed by atoms with Crippen LogP contribution in [-0.2, 0) is 6.54 Å². The van der Waals surface area contributed by atoms with E-state index in [1.54, 1.807) is 0 Å². The average Bonchev–Trinajstić information content (AvgIpc) is 2.46. The van der Waals surface area contributed by atoms with Crippen LogP contribution in [0, 0.1) is 0 Å². The SMILES string of the molecule is NC[N+]1(N(Cc2ccccc2)C(=O)[O-])CCCCC1. The molecule has 0 unspecified atom stereocenters. The second kappa shape index (κ2) is 6.04. The molecule has 2 N–H and O–H groups in total. The zero-order valence-corrected chi connectivity index (χ0v) is 11.1. The van der Waals surface area contributed by atoms with Crippen LogP contribution in [0.4, 0.5) is 4.79 Å². The summed E-state index contributed by atoms with van der Waals surface area (Å²) in [6.45, 7) is 2.19. The Morgan fingerprint density at radius 3 is 2.37 bits per heavy atom. The number of carbonyl (C=O) groups is 1. The maximum absolute atomic E-state index is 11.5. The van der Waals surface area contributed by atoms with Gasteiger partial charge in [0.1, 0.15) is 13.1 Å². The number of nitrogens with zero attached hydrogens (tertiary/aromatic N) is 2. The quantitative estimate of drug-likeness (QED) is 0.811. The van der Waals surface area contributed by atoms with E-state index in [-0.39, 0.29) is 0 Å². The van der Waals surface area contributed by atoms with Gasteiger partial charge in [-0.2, -0.15) is 0 Å². The summed E-state index contributed by atoms with van der Waals surface area (Å²) in [5.74, 6) is 0. The molecule has 1 aliphatic heterocycles. The molecule has 19 heavy (non-hydrogen) atoms. The lowest BCUT2D eigenvalue weighted by Gasteiger charge is -2.48. The molecule has 0 spiro atoms. The van der Waals surface area contributed by atoms with Gasteiger partial charge in [-0.25, -0.2) is 9.60 Å². The van der Waals surface area contributed by atoms with Crippen LogP contribution >= 0.6 is 0 Å². The molecule has 0 bridgehead atoms. The minimum absolute atomic E-state index is 0.303. The number of hydrogen-bond acceptors (Lipinski definition) is 3. The summed E-state index contributed by atoms with van der Waals surface area (Å²) in [4.78, 5) is 11.5. The van der Waals surface area contributed by atoms with Gasteiger partial charge in [0.05, 0.1) is 6.54 Å². The van der Waals surface area contributed by atoms with Gasteiger partial charge in [0.25, 0.3) is 0 Å². The number of piperidine rings is 1. The predicted molar refractivity (Wildman–Crippen MR) is 70.3 cm³/mol. The van der Waals surface area contributed by atoms with Gasteiger partial charge in [-0.3, -0.25) is 5.73 Å². The van der Waals surface area contributed by atoms with Crippen molar-refractivity contribution in [1.29, 1.82) is 0 Å². The molecule has 1 aliphatic rings. The van der Waals surface area contributed by atoms with Gasteiger partial charge in [0, 0.05) is 0 Å². The van der Waals surface area contributed by atoms with Crippen LogP contribution < -0.4 is 10.8 Å². The number of amides is 1. The van der Waals surface area contributed by atoms with Gasteiger partial charge in [-0.05, 0) is 24.8 Å². The first-order valence-electron chi connectivity index (χ1n) is 6.77. The second-order valence-corrected chi connectivity index (χ2v) is 5.09. The lowest BCUT2D eigenvalue weighted by molar-refractivity contribution is -1.03. The fourth-order valence-electron chi connectivity index (χ4n) is 2.77. The monoisotopic (exact) mass is 263 g/mol. The number of benzene rings is 1. The summed E-state index contributed by atoms with van der Waals surface area (Å²) in [6, 6.07) is 9.58. The number of carboxylic acid groups (broad SMARTS) is 1. The smallest absolute Gasteiger partial charge is 0.189 e. The van der Waals surface area contributed by atoms with Crippen molar-refractivity contribution in [2.45, 2.75) is 25.8 Å². The highest BCUT2D eigenvalue weighted by Crippen LogP contribution is 2.22. The van der Waals surface area contributed by atoms with Crippen LogP contribution in [0.2, 0.25) is 0 Å². The maximum Gasteiger partial charge on any atom is 0.189 e. The van der Waals surface area contributed by atoms with Crippen LogP contribution in [0.15, 0.2) is 30.3 Å². The number of nitrogens with two attached hydrogens (primary N) is 1. The molecule has 0 atom stereocenters. The van der Waals surface area contributed by atoms with Crippen LogP contribution in [0.3, 0.4) is 0 Å². The Kier molecular flexibility index (Phi) is 4.39. The van der Waals surface area contributed by atoms with Crippen molar-refractivity contribution in [3.63, 3.8) is 0 Å². The lowest BCUT2D eigenvalue weighted by atomic mass is 10.1. The molecular formula is C14H21N3O2. The Bertz CT molecular complexity index is 416. The number of quaternary nitrogens is 1. The molecule has 1 aromatic rings. The second-order valence-electron chi connectivity index (χ2n) is 5.09. The molecular weight excluding hydrogens is 242 g/mol. The molecule has 2 rings (SSSR count). The molecule has 0 radical (unpaired) electrons. The highest BCUT2D eigenvalue weighted by molar-refractivity contribution is 5.61. The topological polar surface area (TPSA) is 69.4 Å². The lowest BCUT2D eigenvalue weighted by Crippen LogP contribution is -2.68. The first kappa shape index (κ1) is 13.8. The van der Waals surface area contributed by atoms with Crippen molar-refractivity contribution in [3.8, 4) is 0 Å². The van der Waals surface area contributed by atoms with Crippen molar-refractivity contribution in [2.24, 2.45) is 5.73 Å². The summed E-state index contributed by atoms with van der Waals surface area (Å²) >= 11 is 0. The van der Waals surface area contributed by atoms with Crippen molar-refractivity contribution < 1.29 is 14.5 Å². The van der Waals surface area contributed by atoms with Crippen molar-refractivity contribution in [3.05, 3.63) is 35.9 Å². The van der Waals surface area contributed by atoms with Crippen LogP contribution in [0.25, 0.3) is 0 Å². The third-order valence-electron chi connectivity index (χ3n) is 3.89. The van der Waals surface area contributed by atoms with Crippen molar-refractivity contribution in [2.75, 3.05) is 19.8 Å². The van der Waals surface area contributed by atoms with Gasteiger partial charge in [0.15, 0.2) is 12.8 Å². The molecule has 1 amide bonds. The molecule has 5 nitrogen and oxygen atoms in total. The highest BCUT2D eigenvalue weighted by Gasteiger charge is 2.36. The molecule has 0 aromatic heterocycles. The summed E-state index contributed by atoms with van der Waals surface area (Å²) < 4.78 is 0.303. The fourth-order valence-corrected chi connectivity index (χ4v) is 2.77. The molecule has 0 aliphatic carbocycles. The van der Waals surface area contributed by atoms with Crippen LogP contribution in [-0.4, -0.2) is 35.5 Å². The van der Waals surface area contributed by atoms with Crippen LogP contribution in [0.1, 0.15) is 24.8 Å². The van der Waals surface area contributed by atoms with E-state index >= 15 is 0 Å². The standard InChI is InChI=1S/C14H21N3O2/c15-12-17(9-5-2-6-10-17)16(14(18)19)11-13-7-3-1-4-8-13/h1,3-4,7-8H,2,5-6,9-12,15H2. The summed E-state index contributed by atoms with van der Waals surface area (Å²) in [5.41, 5.74) is 6.83. The Hall–Kier alpha value is -1.59. The van der Waals surface area contributed by atoms with E-state index < -0.39 is 6.09 Å². The van der Waals surface area contributed by atoms with Gasteiger partial charge in [0.2, 0.25) is 0 Å². The Morgan fingerprint density at radius 1 is 1.21 bits per heavy atom. The normalized spacial score (nSPS) is 17.9. The number of hydrogen-bond donors (Lipinski definition) is 1. The largest absolute Gasteiger partial charge is 0.526 e. The first-order chi connectivity index (χ1) is 9.18. The van der Waals surface area contributed by atoms with Gasteiger partial charge < -0.3 is 9.90 Å². The van der Waals surface area contributed by atoms with Gasteiger partial charge in [-0.15, -0.1) is 0 Å². The van der Waals surface area contributed by atoms with E-state index in [9.17, 15) is 9.90 Å². The number of rotatable bonds is 4. The predicted octanol–water partition coefficient (Wildman–Crippen LogP) is 0.664. The molecule has 0 saturated carbocycles. The van der Waals surface area contributed by atoms with E-state index in [2.05, 4.69) is 0 Å². The molecule has 1 fully saturated rings. The summed E-state index contributed by atoms with van der Waals surface area (Å²) in [7, 11) is 0. The van der Waals surface area contributed by atoms with Gasteiger partial charge in [-0.1, -0.05) is 30.3 Å². The first-order valence-corrected chi connectivity index (χ1v) is 6.77. The fraction of sp³-hybridized carbons (Fsp3) is 0.500. The molecule has 5 heteroatoms. The number of carbonyl (C=O) groups excluding carboxylic acids is 1.